The number of ether oxygens (including phenoxy) is 8. The average molecular weight is 862 g/mol. The van der Waals surface area contributed by atoms with Gasteiger partial charge in [-0.3, -0.25) is 0 Å². The normalized spacial score (nSPS) is 35.1. The number of carbonyl (C=O) groups excluding carboxylic acids is 1. The number of allylic oxidation sites excluding steroid dienone is 2. The van der Waals surface area contributed by atoms with Crippen molar-refractivity contribution in [1.29, 1.82) is 0 Å². The highest BCUT2D eigenvalue weighted by molar-refractivity contribution is 5.87. The molecule has 2 aromatic carbocycles. The first kappa shape index (κ1) is 43.8. The van der Waals surface area contributed by atoms with E-state index in [0.717, 1.165) is 24.3 Å². The van der Waals surface area contributed by atoms with Crippen LogP contribution in [-0.4, -0.2) is 178 Å². The van der Waals surface area contributed by atoms with Crippen molar-refractivity contribution < 1.29 is 104 Å². The Hall–Kier alpha value is -5.27. The second-order valence-electron chi connectivity index (χ2n) is 14.7. The lowest BCUT2D eigenvalue weighted by atomic mass is 9.96. The SMILES string of the molecule is O=C(/C=C/c1ccc(O)cc1)OC[C@@]1(O)CO[C@H](O[C@@H]2[C@@H](OC3=C(c4ccc(O)c(O)c4)[OH+]C4C=C(O)C=C(O[C@@H]5O[C@H](CO)[C@@H](O)[C@H](O)[C@H]5O)C4=C3)OC[C@H](O)[C@H]2O)[C@H]1O. The maximum Gasteiger partial charge on any atom is 0.330 e. The summed E-state index contributed by atoms with van der Waals surface area (Å²) in [7, 11) is 0. The molecule has 0 spiro atoms. The Morgan fingerprint density at radius 2 is 1.61 bits per heavy atom. The van der Waals surface area contributed by atoms with Crippen molar-refractivity contribution in [2.75, 3.05) is 26.4 Å². The topological polar surface area (TPSA) is 337 Å². The number of aliphatic hydroxyl groups excluding tert-OH is 8. The predicted molar refractivity (Wildman–Crippen MR) is 201 cm³/mol. The Balaban J connectivity index is 1.13. The minimum absolute atomic E-state index is 0.0267. The fourth-order valence-electron chi connectivity index (χ4n) is 6.89. The Kier molecular flexibility index (Phi) is 12.9. The minimum Gasteiger partial charge on any atom is -0.571 e. The molecule has 7 rings (SSSR count). The highest BCUT2D eigenvalue weighted by atomic mass is 16.8. The van der Waals surface area contributed by atoms with Gasteiger partial charge in [-0.1, -0.05) is 12.1 Å². The molecule has 1 aliphatic carbocycles. The summed E-state index contributed by atoms with van der Waals surface area (Å²) in [5.74, 6) is -2.63. The van der Waals surface area contributed by atoms with Crippen molar-refractivity contribution in [3.63, 3.8) is 0 Å². The largest absolute Gasteiger partial charge is 0.571 e. The third kappa shape index (κ3) is 9.33. The molecule has 5 aliphatic rings. The van der Waals surface area contributed by atoms with E-state index in [-0.39, 0.29) is 39.9 Å². The monoisotopic (exact) mass is 861 g/mol. The third-order valence-corrected chi connectivity index (χ3v) is 10.4. The van der Waals surface area contributed by atoms with Crippen LogP contribution in [0.25, 0.3) is 11.8 Å². The summed E-state index contributed by atoms with van der Waals surface area (Å²) in [6.45, 7) is -2.61. The number of carbonyl (C=O) groups is 1. The van der Waals surface area contributed by atoms with E-state index in [1.165, 1.54) is 36.4 Å². The van der Waals surface area contributed by atoms with Crippen molar-refractivity contribution in [3.8, 4) is 17.2 Å². The van der Waals surface area contributed by atoms with Crippen LogP contribution >= 0.6 is 0 Å². The molecule has 330 valence electrons. The van der Waals surface area contributed by atoms with Crippen molar-refractivity contribution in [2.24, 2.45) is 0 Å². The Labute approximate surface area is 345 Å². The van der Waals surface area contributed by atoms with Gasteiger partial charge < -0.3 is 99.2 Å². The van der Waals surface area contributed by atoms with E-state index in [9.17, 15) is 66.1 Å². The number of aromatic hydroxyl groups is 3. The van der Waals surface area contributed by atoms with Gasteiger partial charge in [-0.15, -0.1) is 0 Å². The number of rotatable bonds is 12. The first-order valence-electron chi connectivity index (χ1n) is 18.8. The van der Waals surface area contributed by atoms with Crippen LogP contribution in [0.2, 0.25) is 0 Å². The van der Waals surface area contributed by atoms with Gasteiger partial charge in [0.1, 0.15) is 66.6 Å². The smallest absolute Gasteiger partial charge is 0.330 e. The molecule has 3 fully saturated rings. The number of phenolic OH excluding ortho intramolecular Hbond substituents is 3. The van der Waals surface area contributed by atoms with Gasteiger partial charge >= 0.3 is 11.7 Å². The molecule has 4 aliphatic heterocycles. The molecule has 13 N–H and O–H groups in total. The molecule has 4 heterocycles. The number of phenols is 3. The van der Waals surface area contributed by atoms with Gasteiger partial charge in [-0.25, -0.2) is 4.79 Å². The minimum atomic E-state index is -2.20. The molecule has 0 amide bonds. The number of fused-ring (bicyclic) bond motifs is 1. The van der Waals surface area contributed by atoms with Crippen LogP contribution in [0.1, 0.15) is 11.1 Å². The molecular weight excluding hydrogens is 816 g/mol. The van der Waals surface area contributed by atoms with Gasteiger partial charge in [-0.05, 0) is 35.9 Å². The number of esters is 1. The number of benzene rings is 2. The maximum atomic E-state index is 12.4. The molecule has 3 saturated heterocycles. The van der Waals surface area contributed by atoms with E-state index < -0.39 is 123 Å². The van der Waals surface area contributed by atoms with E-state index in [1.807, 2.05) is 0 Å². The second kappa shape index (κ2) is 18.0. The maximum absolute atomic E-state index is 12.4. The first-order valence-corrected chi connectivity index (χ1v) is 18.8. The van der Waals surface area contributed by atoms with E-state index in [1.54, 1.807) is 12.1 Å². The lowest BCUT2D eigenvalue weighted by molar-refractivity contribution is -0.307. The number of hydrogen-bond donors (Lipinski definition) is 12. The van der Waals surface area contributed by atoms with Crippen molar-refractivity contribution in [2.45, 2.75) is 79.4 Å². The van der Waals surface area contributed by atoms with Crippen LogP contribution in [0, 0.1) is 0 Å². The average Bonchev–Trinajstić information content (AvgIpc) is 3.52. The van der Waals surface area contributed by atoms with Crippen molar-refractivity contribution in [3.05, 3.63) is 101 Å². The molecule has 21 heteroatoms. The molecule has 1 unspecified atom stereocenters. The van der Waals surface area contributed by atoms with E-state index >= 15 is 0 Å². The molecular formula is C40H45O21+. The summed E-state index contributed by atoms with van der Waals surface area (Å²) in [5, 5.41) is 126. The fourth-order valence-corrected chi connectivity index (χ4v) is 6.89. The lowest BCUT2D eigenvalue weighted by Gasteiger charge is -2.41. The Morgan fingerprint density at radius 1 is 0.852 bits per heavy atom. The van der Waals surface area contributed by atoms with Gasteiger partial charge in [0.2, 0.25) is 24.4 Å². The van der Waals surface area contributed by atoms with Crippen molar-refractivity contribution >= 4 is 17.8 Å². The second-order valence-corrected chi connectivity index (χ2v) is 14.7. The quantitative estimate of drug-likeness (QED) is 0.0460. The van der Waals surface area contributed by atoms with Crippen molar-refractivity contribution in [1.82, 2.24) is 0 Å². The third-order valence-electron chi connectivity index (χ3n) is 10.4. The molecule has 61 heavy (non-hydrogen) atoms. The van der Waals surface area contributed by atoms with Crippen LogP contribution in [0.5, 0.6) is 17.2 Å². The van der Waals surface area contributed by atoms with Gasteiger partial charge in [0.25, 0.3) is 0 Å². The van der Waals surface area contributed by atoms with Crippen LogP contribution in [0.15, 0.2) is 89.6 Å². The molecule has 21 nitrogen and oxygen atoms in total. The zero-order valence-electron chi connectivity index (χ0n) is 31.8. The van der Waals surface area contributed by atoms with Gasteiger partial charge in [-0.2, -0.15) is 0 Å². The number of aliphatic hydroxyl groups is 11. The highest BCUT2D eigenvalue weighted by Gasteiger charge is 2.54. The van der Waals surface area contributed by atoms with Crippen LogP contribution in [0.4, 0.5) is 0 Å². The molecule has 2 aromatic rings. The molecule has 0 saturated carbocycles. The van der Waals surface area contributed by atoms with Gasteiger partial charge in [0.05, 0.1) is 37.0 Å². The van der Waals surface area contributed by atoms with Crippen LogP contribution < -0.4 is 0 Å². The zero-order chi connectivity index (χ0) is 43.7. The highest BCUT2D eigenvalue weighted by Crippen LogP contribution is 2.40. The summed E-state index contributed by atoms with van der Waals surface area (Å²) >= 11 is 0. The summed E-state index contributed by atoms with van der Waals surface area (Å²) < 4.78 is 44.6. The summed E-state index contributed by atoms with van der Waals surface area (Å²) in [6.07, 6.45) is -13.5. The van der Waals surface area contributed by atoms with E-state index in [4.69, 9.17) is 33.2 Å². The Bertz CT molecular complexity index is 2080. The first-order chi connectivity index (χ1) is 29.0. The Morgan fingerprint density at radius 3 is 2.33 bits per heavy atom. The van der Waals surface area contributed by atoms with Crippen LogP contribution in [0.3, 0.4) is 0 Å². The molecule has 13 atom stereocenters. The van der Waals surface area contributed by atoms with Crippen LogP contribution in [-0.2, 0) is 38.0 Å². The van der Waals surface area contributed by atoms with E-state index in [0.29, 0.717) is 5.56 Å². The summed E-state index contributed by atoms with van der Waals surface area (Å²) in [6, 6.07) is 9.60. The zero-order valence-corrected chi connectivity index (χ0v) is 31.8. The summed E-state index contributed by atoms with van der Waals surface area (Å²) in [5.41, 5.74) is -1.35. The predicted octanol–water partition coefficient (Wildman–Crippen LogP) is -2.35. The van der Waals surface area contributed by atoms with Gasteiger partial charge in [0, 0.05) is 24.3 Å². The fraction of sp³-hybridized carbons (Fsp3) is 0.425. The van der Waals surface area contributed by atoms with Gasteiger partial charge in [0.15, 0.2) is 29.5 Å². The molecule has 0 bridgehead atoms. The van der Waals surface area contributed by atoms with E-state index in [2.05, 4.69) is 4.74 Å². The summed E-state index contributed by atoms with van der Waals surface area (Å²) in [4.78, 5) is 12.4. The lowest BCUT2D eigenvalue weighted by Crippen LogP contribution is -2.59. The standard InChI is InChI=1S/C40H44O21/c41-13-28-31(49)32(50)33(51)37(60-28)58-26-11-20(43)10-25-21(26)12-27(34(57-25)18-4-7-22(44)23(45)9-18)59-38-35(30(48)24(46)14-54-38)61-39-36(52)40(53,16-56-39)15-55-29(47)8-3-17-1-5-19(42)6-2-17/h1-12,24-25,28,30-33,35-39,41-46,48-53H,13-16H2/p+1/b8-3+/t24-,25?,28+,30+,31+,32-,33+,35-,36+,37+,38+,39+,40+/m0/s1. The molecule has 0 radical (unpaired) electrons. The molecule has 0 aromatic heterocycles. The number of hydrogen-bond acceptors (Lipinski definition) is 20.